The van der Waals surface area contributed by atoms with Crippen molar-refractivity contribution in [2.75, 3.05) is 40.2 Å². The third-order valence-corrected chi connectivity index (χ3v) is 7.25. The molecule has 2 fully saturated rings. The first-order valence-electron chi connectivity index (χ1n) is 11.1. The summed E-state index contributed by atoms with van der Waals surface area (Å²) in [6.07, 6.45) is 3.83. The summed E-state index contributed by atoms with van der Waals surface area (Å²) in [5.74, 6) is 1.84. The van der Waals surface area contributed by atoms with E-state index in [4.69, 9.17) is 25.8 Å². The number of likely N-dealkylation sites (tertiary alicyclic amines) is 1. The van der Waals surface area contributed by atoms with Gasteiger partial charge >= 0.3 is 6.03 Å². The van der Waals surface area contributed by atoms with Gasteiger partial charge in [0.15, 0.2) is 11.5 Å². The minimum atomic E-state index is -0.261. The number of nitrogens with one attached hydrogen (secondary N) is 2. The molecule has 2 heterocycles. The molecule has 0 radical (unpaired) electrons. The largest absolute Gasteiger partial charge is 0.493 e. The van der Waals surface area contributed by atoms with Crippen LogP contribution in [0.4, 0.5) is 10.5 Å². The summed E-state index contributed by atoms with van der Waals surface area (Å²) in [4.78, 5) is 19.1. The average Bonchev–Trinajstić information content (AvgIpc) is 3.15. The number of halogens is 1. The Labute approximate surface area is 199 Å². The molecule has 8 nitrogen and oxygen atoms in total. The van der Waals surface area contributed by atoms with Gasteiger partial charge in [-0.1, -0.05) is 17.7 Å². The first kappa shape index (κ1) is 23.4. The summed E-state index contributed by atoms with van der Waals surface area (Å²) in [5.41, 5.74) is 1.85. The number of hydrogen-bond acceptors (Lipinski definition) is 6. The number of benzene rings is 1. The van der Waals surface area contributed by atoms with Crippen LogP contribution in [0.15, 0.2) is 30.3 Å². The molecule has 0 unspecified atom stereocenters. The molecular weight excluding hydrogens is 444 g/mol. The molecule has 33 heavy (non-hydrogen) atoms. The SMILES string of the molecule is COc1cc(NC(=O)N[C@H]2CC[C@@]3(c4ccc(OC)c(OC)c4)CCN(C)[C@@H]3C2)cc(Cl)n1. The van der Waals surface area contributed by atoms with Gasteiger partial charge in [-0.15, -0.1) is 0 Å². The first-order valence-corrected chi connectivity index (χ1v) is 11.5. The Balaban J connectivity index is 1.47. The monoisotopic (exact) mass is 474 g/mol. The van der Waals surface area contributed by atoms with Gasteiger partial charge in [0.05, 0.1) is 27.0 Å². The fourth-order valence-electron chi connectivity index (χ4n) is 5.40. The second kappa shape index (κ2) is 9.65. The van der Waals surface area contributed by atoms with Gasteiger partial charge < -0.3 is 29.7 Å². The lowest BCUT2D eigenvalue weighted by Gasteiger charge is -2.45. The van der Waals surface area contributed by atoms with Crippen LogP contribution in [0.25, 0.3) is 0 Å². The van der Waals surface area contributed by atoms with E-state index in [9.17, 15) is 4.79 Å². The van der Waals surface area contributed by atoms with Crippen LogP contribution in [-0.2, 0) is 5.41 Å². The number of aromatic nitrogens is 1. The van der Waals surface area contributed by atoms with Crippen LogP contribution in [0.5, 0.6) is 17.4 Å². The zero-order valence-electron chi connectivity index (χ0n) is 19.5. The maximum Gasteiger partial charge on any atom is 0.319 e. The lowest BCUT2D eigenvalue weighted by atomic mass is 9.65. The Morgan fingerprint density at radius 1 is 1.12 bits per heavy atom. The fourth-order valence-corrected chi connectivity index (χ4v) is 5.60. The first-order chi connectivity index (χ1) is 15.9. The summed E-state index contributed by atoms with van der Waals surface area (Å²) in [6, 6.07) is 9.64. The van der Waals surface area contributed by atoms with Gasteiger partial charge in [-0.05, 0) is 63.0 Å². The van der Waals surface area contributed by atoms with E-state index in [1.54, 1.807) is 26.4 Å². The Morgan fingerprint density at radius 3 is 2.64 bits per heavy atom. The summed E-state index contributed by atoms with van der Waals surface area (Å²) in [6.45, 7) is 1.02. The van der Waals surface area contributed by atoms with Crippen molar-refractivity contribution in [3.8, 4) is 17.4 Å². The molecular formula is C24H31ClN4O4. The lowest BCUT2D eigenvalue weighted by molar-refractivity contribution is 0.156. The predicted molar refractivity (Wildman–Crippen MR) is 128 cm³/mol. The van der Waals surface area contributed by atoms with Crippen LogP contribution >= 0.6 is 11.6 Å². The van der Waals surface area contributed by atoms with Crippen molar-refractivity contribution >= 4 is 23.3 Å². The highest BCUT2D eigenvalue weighted by molar-refractivity contribution is 6.29. The van der Waals surface area contributed by atoms with E-state index in [1.165, 1.54) is 12.7 Å². The number of nitrogens with zero attached hydrogens (tertiary/aromatic N) is 2. The number of ether oxygens (including phenoxy) is 3. The number of carbonyl (C=O) groups excluding carboxylic acids is 1. The van der Waals surface area contributed by atoms with Crippen LogP contribution in [-0.4, -0.2) is 62.9 Å². The maximum absolute atomic E-state index is 12.7. The zero-order valence-corrected chi connectivity index (χ0v) is 20.2. The molecule has 1 aliphatic carbocycles. The van der Waals surface area contributed by atoms with Gasteiger partial charge in [0.2, 0.25) is 5.88 Å². The van der Waals surface area contributed by atoms with Gasteiger partial charge in [-0.2, -0.15) is 0 Å². The number of hydrogen-bond donors (Lipinski definition) is 2. The van der Waals surface area contributed by atoms with Gasteiger partial charge in [-0.25, -0.2) is 9.78 Å². The Bertz CT molecular complexity index is 1020. The van der Waals surface area contributed by atoms with E-state index in [0.29, 0.717) is 17.6 Å². The molecule has 1 saturated carbocycles. The number of pyridine rings is 1. The van der Waals surface area contributed by atoms with Crippen molar-refractivity contribution in [1.82, 2.24) is 15.2 Å². The number of methoxy groups -OCH3 is 3. The average molecular weight is 475 g/mol. The second-order valence-electron chi connectivity index (χ2n) is 8.76. The molecule has 4 rings (SSSR count). The Morgan fingerprint density at radius 2 is 1.91 bits per heavy atom. The van der Waals surface area contributed by atoms with E-state index in [1.807, 2.05) is 6.07 Å². The van der Waals surface area contributed by atoms with Crippen molar-refractivity contribution in [1.29, 1.82) is 0 Å². The highest BCUT2D eigenvalue weighted by Crippen LogP contribution is 2.49. The number of amides is 2. The molecule has 2 amide bonds. The van der Waals surface area contributed by atoms with E-state index < -0.39 is 0 Å². The van der Waals surface area contributed by atoms with Gasteiger partial charge in [0.1, 0.15) is 5.15 Å². The molecule has 2 N–H and O–H groups in total. The van der Waals surface area contributed by atoms with E-state index >= 15 is 0 Å². The summed E-state index contributed by atoms with van der Waals surface area (Å²) < 4.78 is 16.1. The number of anilines is 1. The van der Waals surface area contributed by atoms with E-state index in [0.717, 1.165) is 43.7 Å². The second-order valence-corrected chi connectivity index (χ2v) is 9.15. The summed E-state index contributed by atoms with van der Waals surface area (Å²) in [5, 5.41) is 6.25. The van der Waals surface area contributed by atoms with Crippen molar-refractivity contribution < 1.29 is 19.0 Å². The van der Waals surface area contributed by atoms with Crippen molar-refractivity contribution in [2.24, 2.45) is 0 Å². The summed E-state index contributed by atoms with van der Waals surface area (Å²) in [7, 11) is 7.00. The number of rotatable bonds is 6. The van der Waals surface area contributed by atoms with Crippen LogP contribution in [0.1, 0.15) is 31.2 Å². The number of carbonyl (C=O) groups is 1. The van der Waals surface area contributed by atoms with Crippen LogP contribution in [0, 0.1) is 0 Å². The standard InChI is InChI=1S/C24H31ClN4O4/c1-29-10-9-24(15-5-6-18(31-2)19(11-15)32-3)8-7-16(12-20(24)29)26-23(30)27-17-13-21(25)28-22(14-17)33-4/h5-6,11,13-14,16,20H,7-10,12H2,1-4H3,(H2,26,27,28,30)/t16-,20+,24-/m0/s1. The molecule has 0 bridgehead atoms. The van der Waals surface area contributed by atoms with Crippen molar-refractivity contribution in [3.63, 3.8) is 0 Å². The normalized spacial score (nSPS) is 24.6. The number of urea groups is 1. The maximum atomic E-state index is 12.7. The van der Waals surface area contributed by atoms with Crippen molar-refractivity contribution in [3.05, 3.63) is 41.0 Å². The number of fused-ring (bicyclic) bond motifs is 1. The van der Waals surface area contributed by atoms with Crippen LogP contribution < -0.4 is 24.8 Å². The molecule has 1 aromatic carbocycles. The highest BCUT2D eigenvalue weighted by Gasteiger charge is 2.50. The van der Waals surface area contributed by atoms with Gasteiger partial charge in [-0.3, -0.25) is 0 Å². The Kier molecular flexibility index (Phi) is 6.86. The predicted octanol–water partition coefficient (Wildman–Crippen LogP) is 4.08. The molecule has 0 spiro atoms. The lowest BCUT2D eigenvalue weighted by Crippen LogP contribution is -2.52. The van der Waals surface area contributed by atoms with Gasteiger partial charge in [0, 0.05) is 23.6 Å². The minimum absolute atomic E-state index is 0.0367. The van der Waals surface area contributed by atoms with Crippen molar-refractivity contribution in [2.45, 2.75) is 43.2 Å². The highest BCUT2D eigenvalue weighted by atomic mass is 35.5. The molecule has 1 aliphatic heterocycles. The van der Waals surface area contributed by atoms with E-state index in [-0.39, 0.29) is 22.6 Å². The van der Waals surface area contributed by atoms with E-state index in [2.05, 4.69) is 39.7 Å². The summed E-state index contributed by atoms with van der Waals surface area (Å²) >= 11 is 6.01. The molecule has 1 saturated heterocycles. The fraction of sp³-hybridized carbons (Fsp3) is 0.500. The van der Waals surface area contributed by atoms with Crippen LogP contribution in [0.3, 0.4) is 0 Å². The zero-order chi connectivity index (χ0) is 23.6. The number of likely N-dealkylation sites (N-methyl/N-ethyl adjacent to an activating group) is 1. The third-order valence-electron chi connectivity index (χ3n) is 7.06. The smallest absolute Gasteiger partial charge is 0.319 e. The quantitative estimate of drug-likeness (QED) is 0.614. The third kappa shape index (κ3) is 4.68. The minimum Gasteiger partial charge on any atom is -0.493 e. The molecule has 1 aromatic heterocycles. The Hall–Kier alpha value is -2.71. The van der Waals surface area contributed by atoms with Crippen LogP contribution in [0.2, 0.25) is 5.15 Å². The van der Waals surface area contributed by atoms with Gasteiger partial charge in [0.25, 0.3) is 0 Å². The topological polar surface area (TPSA) is 85.0 Å². The molecule has 3 atom stereocenters. The molecule has 2 aliphatic rings. The molecule has 2 aromatic rings. The molecule has 9 heteroatoms. The molecule has 178 valence electrons.